The molecular formula is C27H27ClN4O4S. The number of aromatic nitrogens is 3. The minimum absolute atomic E-state index is 0.294. The van der Waals surface area contributed by atoms with Crippen molar-refractivity contribution in [2.45, 2.75) is 37.8 Å². The molecule has 1 aromatic heterocycles. The highest BCUT2D eigenvalue weighted by Gasteiger charge is 2.25. The first-order valence-corrected chi connectivity index (χ1v) is 12.8. The summed E-state index contributed by atoms with van der Waals surface area (Å²) >= 11 is 7.25. The number of ether oxygens (including phenoxy) is 2. The number of rotatable bonds is 10. The Kier molecular flexibility index (Phi) is 8.35. The third-order valence-electron chi connectivity index (χ3n) is 5.97. The van der Waals surface area contributed by atoms with Crippen LogP contribution in [-0.4, -0.2) is 33.3 Å². The second-order valence-electron chi connectivity index (χ2n) is 8.58. The van der Waals surface area contributed by atoms with Crippen molar-refractivity contribution in [3.63, 3.8) is 0 Å². The first kappa shape index (κ1) is 26.5. The van der Waals surface area contributed by atoms with E-state index in [4.69, 9.17) is 21.1 Å². The lowest BCUT2D eigenvalue weighted by Gasteiger charge is -2.17. The van der Waals surface area contributed by atoms with Crippen molar-refractivity contribution >= 4 is 23.4 Å². The highest BCUT2D eigenvalue weighted by molar-refractivity contribution is 7.99. The molecule has 0 spiro atoms. The van der Waals surface area contributed by atoms with E-state index in [1.807, 2.05) is 48.7 Å². The summed E-state index contributed by atoms with van der Waals surface area (Å²) < 4.78 is 13.4. The van der Waals surface area contributed by atoms with Gasteiger partial charge in [0.15, 0.2) is 16.7 Å². The molecule has 0 unspecified atom stereocenters. The molecule has 0 aliphatic rings. The number of hydrogen-bond donors (Lipinski definition) is 0. The van der Waals surface area contributed by atoms with Crippen molar-refractivity contribution in [1.82, 2.24) is 14.8 Å². The molecule has 1 heterocycles. The number of hydrogen-bond acceptors (Lipinski definition) is 7. The van der Waals surface area contributed by atoms with Crippen molar-refractivity contribution < 1.29 is 14.4 Å². The highest BCUT2D eigenvalue weighted by Crippen LogP contribution is 2.39. The van der Waals surface area contributed by atoms with E-state index in [9.17, 15) is 10.1 Å². The molecule has 0 N–H and O–H groups in total. The minimum atomic E-state index is -0.525. The number of benzene rings is 3. The van der Waals surface area contributed by atoms with Gasteiger partial charge in [0.25, 0.3) is 0 Å². The summed E-state index contributed by atoms with van der Waals surface area (Å²) in [5.74, 6) is 1.74. The van der Waals surface area contributed by atoms with Crippen LogP contribution in [0.4, 0.5) is 0 Å². The first-order chi connectivity index (χ1) is 17.7. The Hall–Kier alpha value is -3.56. The summed E-state index contributed by atoms with van der Waals surface area (Å²) in [5, 5.41) is 20.9. The summed E-state index contributed by atoms with van der Waals surface area (Å²) in [6.45, 7) is 6.00. The molecule has 37 heavy (non-hydrogen) atoms. The number of thioether (sulfide) groups is 1. The van der Waals surface area contributed by atoms with Crippen LogP contribution in [0.5, 0.6) is 11.5 Å². The quantitative estimate of drug-likeness (QED) is 0.128. The van der Waals surface area contributed by atoms with E-state index >= 15 is 0 Å². The van der Waals surface area contributed by atoms with Crippen LogP contribution in [0.2, 0.25) is 5.02 Å². The van der Waals surface area contributed by atoms with Crippen LogP contribution in [0, 0.1) is 30.9 Å². The number of halogens is 1. The van der Waals surface area contributed by atoms with Crippen LogP contribution in [0.1, 0.15) is 33.3 Å². The standard InChI is InChI=1S/C27H27ClN4O4S/c1-17-5-11-23(13-18(17)2)32-19(3)29-30-27(32)37-26(15-31(33)34)21-8-12-24(25(14-21)35-4)36-16-20-6-9-22(28)10-7-20/h5-14,26H,15-16H2,1-4H3/t26-/m1/s1. The number of nitro groups is 1. The zero-order chi connectivity index (χ0) is 26.5. The molecule has 0 bridgehead atoms. The third-order valence-corrected chi connectivity index (χ3v) is 7.41. The van der Waals surface area contributed by atoms with E-state index < -0.39 is 5.25 Å². The van der Waals surface area contributed by atoms with Gasteiger partial charge in [0.05, 0.1) is 7.11 Å². The molecule has 0 fully saturated rings. The molecule has 4 aromatic rings. The molecule has 0 saturated heterocycles. The topological polar surface area (TPSA) is 92.3 Å². The predicted molar refractivity (Wildman–Crippen MR) is 145 cm³/mol. The van der Waals surface area contributed by atoms with Gasteiger partial charge < -0.3 is 9.47 Å². The number of methoxy groups -OCH3 is 1. The molecule has 0 amide bonds. The molecule has 0 radical (unpaired) electrons. The SMILES string of the molecule is COc1cc([C@@H](C[N+](=O)[O-])Sc2nnc(C)n2-c2ccc(C)c(C)c2)ccc1OCc1ccc(Cl)cc1. The maximum Gasteiger partial charge on any atom is 0.220 e. The maximum absolute atomic E-state index is 11.6. The maximum atomic E-state index is 11.6. The fourth-order valence-electron chi connectivity index (χ4n) is 3.80. The molecule has 0 aliphatic heterocycles. The molecule has 192 valence electrons. The highest BCUT2D eigenvalue weighted by atomic mass is 35.5. The Morgan fingerprint density at radius 3 is 2.43 bits per heavy atom. The molecule has 3 aromatic carbocycles. The van der Waals surface area contributed by atoms with Crippen molar-refractivity contribution in [3.8, 4) is 17.2 Å². The Balaban J connectivity index is 1.61. The van der Waals surface area contributed by atoms with Crippen LogP contribution in [-0.2, 0) is 6.61 Å². The third kappa shape index (κ3) is 6.42. The normalized spacial score (nSPS) is 11.8. The van der Waals surface area contributed by atoms with Gasteiger partial charge in [0.2, 0.25) is 6.54 Å². The van der Waals surface area contributed by atoms with Gasteiger partial charge >= 0.3 is 0 Å². The summed E-state index contributed by atoms with van der Waals surface area (Å²) in [6.07, 6.45) is 0. The second-order valence-corrected chi connectivity index (χ2v) is 10.2. The van der Waals surface area contributed by atoms with E-state index in [2.05, 4.69) is 23.2 Å². The van der Waals surface area contributed by atoms with Gasteiger partial charge in [-0.25, -0.2) is 0 Å². The number of nitrogens with zero attached hydrogens (tertiary/aromatic N) is 4. The van der Waals surface area contributed by atoms with Crippen molar-refractivity contribution in [3.05, 3.63) is 104 Å². The van der Waals surface area contributed by atoms with E-state index in [1.54, 1.807) is 31.4 Å². The van der Waals surface area contributed by atoms with Crippen LogP contribution in [0.15, 0.2) is 65.8 Å². The van der Waals surface area contributed by atoms with E-state index in [-0.39, 0.29) is 11.5 Å². The van der Waals surface area contributed by atoms with Gasteiger partial charge in [-0.3, -0.25) is 14.7 Å². The van der Waals surface area contributed by atoms with Gasteiger partial charge in [-0.1, -0.05) is 47.6 Å². The van der Waals surface area contributed by atoms with Crippen molar-refractivity contribution in [2.24, 2.45) is 0 Å². The van der Waals surface area contributed by atoms with Gasteiger partial charge in [-0.15, -0.1) is 10.2 Å². The summed E-state index contributed by atoms with van der Waals surface area (Å²) in [4.78, 5) is 11.3. The van der Waals surface area contributed by atoms with E-state index in [0.717, 1.165) is 22.4 Å². The van der Waals surface area contributed by atoms with Gasteiger partial charge in [-0.05, 0) is 79.4 Å². The Labute approximate surface area is 224 Å². The Bertz CT molecular complexity index is 1410. The summed E-state index contributed by atoms with van der Waals surface area (Å²) in [5.41, 5.74) is 4.92. The Morgan fingerprint density at radius 2 is 1.76 bits per heavy atom. The van der Waals surface area contributed by atoms with Crippen molar-refractivity contribution in [2.75, 3.05) is 13.7 Å². The van der Waals surface area contributed by atoms with Gasteiger partial charge in [0, 0.05) is 15.6 Å². The average molecular weight is 539 g/mol. The molecule has 0 aliphatic carbocycles. The molecule has 0 saturated carbocycles. The molecule has 1 atom stereocenters. The van der Waals surface area contributed by atoms with Crippen LogP contribution >= 0.6 is 23.4 Å². The van der Waals surface area contributed by atoms with E-state index in [1.165, 1.54) is 17.3 Å². The molecule has 10 heteroatoms. The fraction of sp³-hybridized carbons (Fsp3) is 0.259. The van der Waals surface area contributed by atoms with E-state index in [0.29, 0.717) is 34.1 Å². The first-order valence-electron chi connectivity index (χ1n) is 11.6. The lowest BCUT2D eigenvalue weighted by molar-refractivity contribution is -0.479. The molecule has 8 nitrogen and oxygen atoms in total. The Morgan fingerprint density at radius 1 is 1.00 bits per heavy atom. The summed E-state index contributed by atoms with van der Waals surface area (Å²) in [6, 6.07) is 18.9. The largest absolute Gasteiger partial charge is 0.493 e. The average Bonchev–Trinajstić information content (AvgIpc) is 3.24. The monoisotopic (exact) mass is 538 g/mol. The van der Waals surface area contributed by atoms with Crippen LogP contribution in [0.3, 0.4) is 0 Å². The number of aryl methyl sites for hydroxylation is 3. The zero-order valence-corrected chi connectivity index (χ0v) is 22.5. The smallest absolute Gasteiger partial charge is 0.220 e. The summed E-state index contributed by atoms with van der Waals surface area (Å²) in [7, 11) is 1.55. The van der Waals surface area contributed by atoms with Crippen LogP contribution < -0.4 is 9.47 Å². The van der Waals surface area contributed by atoms with Gasteiger partial charge in [-0.2, -0.15) is 0 Å². The second kappa shape index (κ2) is 11.7. The molecule has 4 rings (SSSR count). The van der Waals surface area contributed by atoms with Gasteiger partial charge in [0.1, 0.15) is 17.7 Å². The fourth-order valence-corrected chi connectivity index (χ4v) is 5.09. The van der Waals surface area contributed by atoms with Crippen LogP contribution in [0.25, 0.3) is 5.69 Å². The molecular weight excluding hydrogens is 512 g/mol. The lowest BCUT2D eigenvalue weighted by atomic mass is 10.1. The zero-order valence-electron chi connectivity index (χ0n) is 21.0. The minimum Gasteiger partial charge on any atom is -0.493 e. The predicted octanol–water partition coefficient (Wildman–Crippen LogP) is 6.54. The lowest BCUT2D eigenvalue weighted by Crippen LogP contribution is -2.11. The van der Waals surface area contributed by atoms with Crippen molar-refractivity contribution in [1.29, 1.82) is 0 Å².